The van der Waals surface area contributed by atoms with Gasteiger partial charge < -0.3 is 10.2 Å². The number of ketones is 1. The summed E-state index contributed by atoms with van der Waals surface area (Å²) in [6, 6.07) is 8.87. The van der Waals surface area contributed by atoms with Crippen molar-refractivity contribution in [3.63, 3.8) is 0 Å². The molecule has 0 spiro atoms. The van der Waals surface area contributed by atoms with E-state index < -0.39 is 0 Å². The van der Waals surface area contributed by atoms with Gasteiger partial charge >= 0.3 is 0 Å². The van der Waals surface area contributed by atoms with Crippen LogP contribution in [0.25, 0.3) is 0 Å². The predicted octanol–water partition coefficient (Wildman–Crippen LogP) is 4.37. The van der Waals surface area contributed by atoms with Gasteiger partial charge in [0.25, 0.3) is 0 Å². The van der Waals surface area contributed by atoms with E-state index in [4.69, 9.17) is 0 Å². The highest BCUT2D eigenvalue weighted by Gasteiger charge is 2.30. The number of carbonyl (C=O) groups is 1. The van der Waals surface area contributed by atoms with Crippen molar-refractivity contribution in [2.45, 2.75) is 34.8 Å². The number of hydrogen-bond acceptors (Lipinski definition) is 5. The van der Waals surface area contributed by atoms with Crippen LogP contribution in [0.15, 0.2) is 40.1 Å². The summed E-state index contributed by atoms with van der Waals surface area (Å²) in [5.41, 5.74) is 2.54. The Labute approximate surface area is 138 Å². The second-order valence-corrected chi connectivity index (χ2v) is 6.69. The van der Waals surface area contributed by atoms with Gasteiger partial charge in [0.15, 0.2) is 17.3 Å². The molecule has 0 bridgehead atoms. The van der Waals surface area contributed by atoms with Crippen LogP contribution in [0.4, 0.5) is 0 Å². The Balaban J connectivity index is 2.22. The van der Waals surface area contributed by atoms with Gasteiger partial charge in [-0.15, -0.1) is 0 Å². The number of fused-ring (bicyclic) bond motifs is 2. The Kier molecular flexibility index (Phi) is 4.10. The number of rotatable bonds is 2. The average Bonchev–Trinajstić information content (AvgIpc) is 2.62. The number of carbonyl (C=O) groups excluding carboxylic acids is 1. The minimum absolute atomic E-state index is 0.0182. The molecule has 3 nitrogen and oxygen atoms in total. The molecule has 1 aliphatic rings. The van der Waals surface area contributed by atoms with E-state index in [0.29, 0.717) is 22.6 Å². The Morgan fingerprint density at radius 2 is 1.86 bits per heavy atom. The molecule has 22 heavy (non-hydrogen) atoms. The van der Waals surface area contributed by atoms with Gasteiger partial charge in [0.1, 0.15) is 0 Å². The molecular weight excluding hydrogens is 316 g/mol. The molecule has 0 radical (unpaired) electrons. The minimum atomic E-state index is -0.260. The van der Waals surface area contributed by atoms with Crippen LogP contribution in [-0.4, -0.2) is 16.0 Å². The SMILES string of the molecule is CCC1C(=O)c2cc(O)c(O)cc2Sc2ccc(CS)cc21. The third-order valence-corrected chi connectivity index (χ3v) is 5.43. The van der Waals surface area contributed by atoms with Crippen molar-refractivity contribution in [1.82, 2.24) is 0 Å². The van der Waals surface area contributed by atoms with Crippen molar-refractivity contribution >= 4 is 30.2 Å². The molecule has 2 aromatic carbocycles. The monoisotopic (exact) mass is 332 g/mol. The van der Waals surface area contributed by atoms with E-state index in [1.165, 1.54) is 23.9 Å². The van der Waals surface area contributed by atoms with Crippen LogP contribution >= 0.6 is 24.4 Å². The molecule has 5 heteroatoms. The van der Waals surface area contributed by atoms with Gasteiger partial charge in [0.05, 0.1) is 0 Å². The maximum Gasteiger partial charge on any atom is 0.171 e. The summed E-state index contributed by atoms with van der Waals surface area (Å²) in [5, 5.41) is 19.4. The molecule has 2 N–H and O–H groups in total. The van der Waals surface area contributed by atoms with Gasteiger partial charge in [-0.3, -0.25) is 4.79 Å². The molecule has 1 aliphatic heterocycles. The topological polar surface area (TPSA) is 57.5 Å². The van der Waals surface area contributed by atoms with Crippen LogP contribution < -0.4 is 0 Å². The number of Topliss-reactive ketones (excluding diaryl/α,β-unsaturated/α-hetero) is 1. The highest BCUT2D eigenvalue weighted by atomic mass is 32.2. The zero-order valence-corrected chi connectivity index (χ0v) is 13.7. The van der Waals surface area contributed by atoms with Gasteiger partial charge in [0.2, 0.25) is 0 Å². The molecule has 114 valence electrons. The molecule has 2 aromatic rings. The summed E-state index contributed by atoms with van der Waals surface area (Å²) in [4.78, 5) is 14.6. The van der Waals surface area contributed by atoms with E-state index in [9.17, 15) is 15.0 Å². The number of phenolic OH excluding ortho intramolecular Hbond substituents is 2. The Morgan fingerprint density at radius 3 is 2.55 bits per heavy atom. The first kappa shape index (κ1) is 15.3. The highest BCUT2D eigenvalue weighted by molar-refractivity contribution is 7.99. The standard InChI is InChI=1S/C17H16O3S2/c1-2-10-11-5-9(8-21)3-4-15(11)22-16-7-14(19)13(18)6-12(16)17(10)20/h3-7,10,18-19,21H,2,8H2,1H3. The van der Waals surface area contributed by atoms with E-state index in [1.807, 2.05) is 25.1 Å². The second-order valence-electron chi connectivity index (χ2n) is 5.29. The molecule has 0 fully saturated rings. The number of hydrogen-bond donors (Lipinski definition) is 3. The average molecular weight is 332 g/mol. The van der Waals surface area contributed by atoms with Gasteiger partial charge in [-0.2, -0.15) is 12.6 Å². The van der Waals surface area contributed by atoms with Crippen LogP contribution in [-0.2, 0) is 5.75 Å². The van der Waals surface area contributed by atoms with Gasteiger partial charge in [0, 0.05) is 27.0 Å². The first-order valence-corrected chi connectivity index (χ1v) is 8.51. The summed E-state index contributed by atoms with van der Waals surface area (Å²) in [6.45, 7) is 1.98. The quantitative estimate of drug-likeness (QED) is 0.565. The lowest BCUT2D eigenvalue weighted by Gasteiger charge is -2.15. The maximum atomic E-state index is 12.9. The fourth-order valence-corrected chi connectivity index (χ4v) is 4.08. The third-order valence-electron chi connectivity index (χ3n) is 3.92. The van der Waals surface area contributed by atoms with Gasteiger partial charge in [-0.1, -0.05) is 30.8 Å². The van der Waals surface area contributed by atoms with E-state index in [1.54, 1.807) is 0 Å². The normalized spacial score (nSPS) is 16.8. The van der Waals surface area contributed by atoms with Crippen molar-refractivity contribution in [2.75, 3.05) is 0 Å². The molecule has 0 saturated heterocycles. The Hall–Kier alpha value is -1.59. The molecule has 0 saturated carbocycles. The van der Waals surface area contributed by atoms with Crippen molar-refractivity contribution in [3.8, 4) is 11.5 Å². The number of thiol groups is 1. The molecular formula is C17H16O3S2. The smallest absolute Gasteiger partial charge is 0.171 e. The van der Waals surface area contributed by atoms with E-state index in [2.05, 4.69) is 12.6 Å². The summed E-state index contributed by atoms with van der Waals surface area (Å²) >= 11 is 5.76. The number of benzene rings is 2. The van der Waals surface area contributed by atoms with Crippen molar-refractivity contribution < 1.29 is 15.0 Å². The predicted molar refractivity (Wildman–Crippen MR) is 90.4 cm³/mol. The van der Waals surface area contributed by atoms with Gasteiger partial charge in [-0.05, 0) is 35.7 Å². The lowest BCUT2D eigenvalue weighted by atomic mass is 9.88. The zero-order valence-electron chi connectivity index (χ0n) is 12.0. The van der Waals surface area contributed by atoms with Crippen LogP contribution in [0.5, 0.6) is 11.5 Å². The summed E-state index contributed by atoms with van der Waals surface area (Å²) in [5.74, 6) is -0.105. The fraction of sp³-hybridized carbons (Fsp3) is 0.235. The summed E-state index contributed by atoms with van der Waals surface area (Å²) < 4.78 is 0. The van der Waals surface area contributed by atoms with Crippen molar-refractivity contribution in [2.24, 2.45) is 0 Å². The Bertz CT molecular complexity index is 756. The molecule has 1 atom stereocenters. The molecule has 1 heterocycles. The lowest BCUT2D eigenvalue weighted by molar-refractivity contribution is 0.0953. The summed E-state index contributed by atoms with van der Waals surface area (Å²) in [6.07, 6.45) is 0.684. The van der Waals surface area contributed by atoms with Crippen LogP contribution in [0.3, 0.4) is 0 Å². The first-order valence-electron chi connectivity index (χ1n) is 7.06. The third kappa shape index (κ3) is 2.48. The number of aromatic hydroxyl groups is 2. The van der Waals surface area contributed by atoms with Gasteiger partial charge in [-0.25, -0.2) is 0 Å². The molecule has 1 unspecified atom stereocenters. The lowest BCUT2D eigenvalue weighted by Crippen LogP contribution is -2.12. The molecule has 0 aliphatic carbocycles. The van der Waals surface area contributed by atoms with E-state index in [-0.39, 0.29) is 23.2 Å². The van der Waals surface area contributed by atoms with Crippen LogP contribution in [0.2, 0.25) is 0 Å². The minimum Gasteiger partial charge on any atom is -0.504 e. The number of phenols is 2. The first-order chi connectivity index (χ1) is 10.5. The van der Waals surface area contributed by atoms with E-state index in [0.717, 1.165) is 16.0 Å². The van der Waals surface area contributed by atoms with Crippen LogP contribution in [0.1, 0.15) is 40.7 Å². The van der Waals surface area contributed by atoms with Crippen molar-refractivity contribution in [1.29, 1.82) is 0 Å². The largest absolute Gasteiger partial charge is 0.504 e. The highest BCUT2D eigenvalue weighted by Crippen LogP contribution is 2.45. The fourth-order valence-electron chi connectivity index (χ4n) is 2.75. The Morgan fingerprint density at radius 1 is 1.14 bits per heavy atom. The molecule has 0 aromatic heterocycles. The zero-order chi connectivity index (χ0) is 15.9. The summed E-state index contributed by atoms with van der Waals surface area (Å²) in [7, 11) is 0. The molecule has 3 rings (SSSR count). The van der Waals surface area contributed by atoms with E-state index >= 15 is 0 Å². The maximum absolute atomic E-state index is 12.9. The molecule has 0 amide bonds. The van der Waals surface area contributed by atoms with Crippen molar-refractivity contribution in [3.05, 3.63) is 47.0 Å². The second kappa shape index (κ2) is 5.89. The van der Waals surface area contributed by atoms with Crippen LogP contribution in [0, 0.1) is 0 Å².